The number of hydrogen-bond donors (Lipinski definition) is 2. The standard InChI is InChI=1S/C19H28N4OS.HI/c1-14(2)18-23-16(13-25-18)10-12-22-19(20-3)21-11-9-15-7-5-6-8-17(15)24-4;/h5-8,13-14H,9-12H2,1-4H3,(H2,20,21,22);1H. The fourth-order valence-corrected chi connectivity index (χ4v) is 3.33. The Bertz CT molecular complexity index is 688. The normalized spacial score (nSPS) is 11.2. The second kappa shape index (κ2) is 12.1. The van der Waals surface area contributed by atoms with Gasteiger partial charge in [0.15, 0.2) is 5.96 Å². The van der Waals surface area contributed by atoms with E-state index in [9.17, 15) is 0 Å². The van der Waals surface area contributed by atoms with Crippen molar-refractivity contribution in [3.05, 3.63) is 45.9 Å². The van der Waals surface area contributed by atoms with Crippen molar-refractivity contribution < 1.29 is 4.74 Å². The predicted octanol–water partition coefficient (Wildman–Crippen LogP) is 3.84. The Kier molecular flexibility index (Phi) is 10.6. The molecule has 26 heavy (non-hydrogen) atoms. The van der Waals surface area contributed by atoms with Crippen molar-refractivity contribution >= 4 is 41.3 Å². The van der Waals surface area contributed by atoms with Crippen LogP contribution in [-0.4, -0.2) is 38.2 Å². The van der Waals surface area contributed by atoms with Crippen LogP contribution in [-0.2, 0) is 12.8 Å². The largest absolute Gasteiger partial charge is 0.496 e. The van der Waals surface area contributed by atoms with Gasteiger partial charge in [-0.1, -0.05) is 32.0 Å². The summed E-state index contributed by atoms with van der Waals surface area (Å²) in [6.45, 7) is 5.96. The minimum absolute atomic E-state index is 0. The number of para-hydroxylation sites is 1. The summed E-state index contributed by atoms with van der Waals surface area (Å²) in [4.78, 5) is 8.93. The van der Waals surface area contributed by atoms with Crippen LogP contribution in [0.5, 0.6) is 5.75 Å². The number of ether oxygens (including phenoxy) is 1. The molecule has 0 aliphatic rings. The van der Waals surface area contributed by atoms with Crippen LogP contribution in [0.1, 0.15) is 36.0 Å². The lowest BCUT2D eigenvalue weighted by molar-refractivity contribution is 0.409. The first-order valence-electron chi connectivity index (χ1n) is 8.64. The Morgan fingerprint density at radius 1 is 1.19 bits per heavy atom. The Balaban J connectivity index is 0.00000338. The van der Waals surface area contributed by atoms with E-state index in [1.165, 1.54) is 10.6 Å². The van der Waals surface area contributed by atoms with E-state index in [0.717, 1.165) is 43.3 Å². The lowest BCUT2D eigenvalue weighted by Gasteiger charge is -2.12. The second-order valence-corrected chi connectivity index (χ2v) is 6.96. The average Bonchev–Trinajstić information content (AvgIpc) is 3.10. The van der Waals surface area contributed by atoms with Crippen LogP contribution < -0.4 is 15.4 Å². The topological polar surface area (TPSA) is 58.5 Å². The van der Waals surface area contributed by atoms with Gasteiger partial charge < -0.3 is 15.4 Å². The highest BCUT2D eigenvalue weighted by Gasteiger charge is 2.06. The zero-order valence-electron chi connectivity index (χ0n) is 15.9. The number of aromatic nitrogens is 1. The third kappa shape index (κ3) is 7.11. The highest BCUT2D eigenvalue weighted by atomic mass is 127. The molecule has 0 aliphatic heterocycles. The number of guanidine groups is 1. The molecule has 2 N–H and O–H groups in total. The molecule has 0 saturated heterocycles. The number of halogens is 1. The van der Waals surface area contributed by atoms with Crippen molar-refractivity contribution in [3.8, 4) is 5.75 Å². The minimum Gasteiger partial charge on any atom is -0.496 e. The van der Waals surface area contributed by atoms with Crippen LogP contribution in [0.4, 0.5) is 0 Å². The molecule has 0 aliphatic carbocycles. The van der Waals surface area contributed by atoms with Gasteiger partial charge in [0.1, 0.15) is 5.75 Å². The Labute approximate surface area is 177 Å². The van der Waals surface area contributed by atoms with Crippen LogP contribution in [0, 0.1) is 0 Å². The molecule has 2 aromatic rings. The van der Waals surface area contributed by atoms with Crippen molar-refractivity contribution in [2.24, 2.45) is 4.99 Å². The maximum atomic E-state index is 5.38. The molecule has 0 atom stereocenters. The highest BCUT2D eigenvalue weighted by Crippen LogP contribution is 2.19. The Hall–Kier alpha value is -1.35. The van der Waals surface area contributed by atoms with Crippen molar-refractivity contribution in [1.82, 2.24) is 15.6 Å². The molecule has 0 spiro atoms. The summed E-state index contributed by atoms with van der Waals surface area (Å²) in [5.74, 6) is 2.24. The van der Waals surface area contributed by atoms with Gasteiger partial charge in [-0.25, -0.2) is 4.98 Å². The number of benzene rings is 1. The van der Waals surface area contributed by atoms with Crippen LogP contribution >= 0.6 is 35.3 Å². The molecule has 0 unspecified atom stereocenters. The van der Waals surface area contributed by atoms with Gasteiger partial charge in [0.05, 0.1) is 17.8 Å². The molecule has 0 bridgehead atoms. The minimum atomic E-state index is 0. The van der Waals surface area contributed by atoms with E-state index in [2.05, 4.69) is 45.9 Å². The van der Waals surface area contributed by atoms with Gasteiger partial charge in [-0.05, 0) is 18.1 Å². The molecule has 5 nitrogen and oxygen atoms in total. The lowest BCUT2D eigenvalue weighted by Crippen LogP contribution is -2.39. The summed E-state index contributed by atoms with van der Waals surface area (Å²) < 4.78 is 5.38. The summed E-state index contributed by atoms with van der Waals surface area (Å²) >= 11 is 1.74. The molecule has 7 heteroatoms. The van der Waals surface area contributed by atoms with Gasteiger partial charge in [-0.15, -0.1) is 35.3 Å². The molecular formula is C19H29IN4OS. The molecular weight excluding hydrogens is 459 g/mol. The first kappa shape index (κ1) is 22.7. The Morgan fingerprint density at radius 3 is 2.50 bits per heavy atom. The molecule has 1 aromatic heterocycles. The summed E-state index contributed by atoms with van der Waals surface area (Å²) in [5, 5.41) is 10.0. The number of hydrogen-bond acceptors (Lipinski definition) is 4. The van der Waals surface area contributed by atoms with E-state index in [1.807, 2.05) is 18.2 Å². The van der Waals surface area contributed by atoms with Crippen LogP contribution in [0.3, 0.4) is 0 Å². The molecule has 0 fully saturated rings. The predicted molar refractivity (Wildman–Crippen MR) is 121 cm³/mol. The van der Waals surface area contributed by atoms with E-state index in [-0.39, 0.29) is 24.0 Å². The van der Waals surface area contributed by atoms with Gasteiger partial charge in [-0.3, -0.25) is 4.99 Å². The van der Waals surface area contributed by atoms with E-state index >= 15 is 0 Å². The number of aliphatic imine (C=N–C) groups is 1. The molecule has 2 rings (SSSR count). The molecule has 144 valence electrons. The van der Waals surface area contributed by atoms with Gasteiger partial charge in [-0.2, -0.15) is 0 Å². The molecule has 0 amide bonds. The number of methoxy groups -OCH3 is 1. The summed E-state index contributed by atoms with van der Waals surface area (Å²) in [5.41, 5.74) is 2.34. The first-order valence-corrected chi connectivity index (χ1v) is 9.52. The number of nitrogens with zero attached hydrogens (tertiary/aromatic N) is 2. The zero-order chi connectivity index (χ0) is 18.1. The number of thiazole rings is 1. The first-order chi connectivity index (χ1) is 12.1. The molecule has 1 aromatic carbocycles. The Morgan fingerprint density at radius 2 is 1.88 bits per heavy atom. The molecule has 0 radical (unpaired) electrons. The zero-order valence-corrected chi connectivity index (χ0v) is 19.1. The van der Waals surface area contributed by atoms with E-state index in [4.69, 9.17) is 4.74 Å². The van der Waals surface area contributed by atoms with Crippen LogP contribution in [0.2, 0.25) is 0 Å². The van der Waals surface area contributed by atoms with E-state index in [1.54, 1.807) is 25.5 Å². The van der Waals surface area contributed by atoms with E-state index < -0.39 is 0 Å². The lowest BCUT2D eigenvalue weighted by atomic mass is 10.1. The summed E-state index contributed by atoms with van der Waals surface area (Å²) in [7, 11) is 3.49. The third-order valence-electron chi connectivity index (χ3n) is 3.84. The van der Waals surface area contributed by atoms with Gasteiger partial charge >= 0.3 is 0 Å². The maximum Gasteiger partial charge on any atom is 0.190 e. The number of rotatable bonds is 8. The fraction of sp³-hybridized carbons (Fsp3) is 0.474. The van der Waals surface area contributed by atoms with E-state index in [0.29, 0.717) is 5.92 Å². The van der Waals surface area contributed by atoms with Crippen molar-refractivity contribution in [2.45, 2.75) is 32.6 Å². The third-order valence-corrected chi connectivity index (χ3v) is 5.03. The quantitative estimate of drug-likeness (QED) is 0.337. The molecule has 0 saturated carbocycles. The van der Waals surface area contributed by atoms with Crippen LogP contribution in [0.25, 0.3) is 0 Å². The summed E-state index contributed by atoms with van der Waals surface area (Å²) in [6.07, 6.45) is 1.78. The van der Waals surface area contributed by atoms with Crippen LogP contribution in [0.15, 0.2) is 34.6 Å². The highest BCUT2D eigenvalue weighted by molar-refractivity contribution is 14.0. The monoisotopic (exact) mass is 488 g/mol. The van der Waals surface area contributed by atoms with Crippen molar-refractivity contribution in [3.63, 3.8) is 0 Å². The van der Waals surface area contributed by atoms with Gasteiger partial charge in [0, 0.05) is 37.9 Å². The summed E-state index contributed by atoms with van der Waals surface area (Å²) in [6, 6.07) is 8.09. The molecule has 1 heterocycles. The number of nitrogens with one attached hydrogen (secondary N) is 2. The van der Waals surface area contributed by atoms with Crippen molar-refractivity contribution in [1.29, 1.82) is 0 Å². The maximum absolute atomic E-state index is 5.38. The smallest absolute Gasteiger partial charge is 0.190 e. The fourth-order valence-electron chi connectivity index (χ4n) is 2.46. The average molecular weight is 488 g/mol. The SMILES string of the molecule is CN=C(NCCc1csc(C(C)C)n1)NCCc1ccccc1OC.I. The van der Waals surface area contributed by atoms with Gasteiger partial charge in [0.25, 0.3) is 0 Å². The van der Waals surface area contributed by atoms with Gasteiger partial charge in [0.2, 0.25) is 0 Å². The second-order valence-electron chi connectivity index (χ2n) is 6.07. The van der Waals surface area contributed by atoms with Crippen molar-refractivity contribution in [2.75, 3.05) is 27.2 Å².